The lowest BCUT2D eigenvalue weighted by Crippen LogP contribution is -2.30. The van der Waals surface area contributed by atoms with Crippen molar-refractivity contribution < 1.29 is 33.2 Å². The van der Waals surface area contributed by atoms with Crippen LogP contribution in [0.1, 0.15) is 152 Å². The van der Waals surface area contributed by atoms with Crippen molar-refractivity contribution in [2.75, 3.05) is 44.7 Å². The molecule has 0 unspecified atom stereocenters. The number of rotatable bonds is 20. The number of carboxylic acid groups (broad SMARTS) is 1. The van der Waals surface area contributed by atoms with Gasteiger partial charge in [-0.25, -0.2) is 0 Å². The molecule has 1 amide bonds. The number of nitrogens with one attached hydrogen (secondary N) is 1. The van der Waals surface area contributed by atoms with Crippen molar-refractivity contribution in [3.8, 4) is 11.5 Å². The van der Waals surface area contributed by atoms with Gasteiger partial charge in [-0.1, -0.05) is 99.8 Å². The van der Waals surface area contributed by atoms with Crippen LogP contribution in [0.15, 0.2) is 33.3 Å². The van der Waals surface area contributed by atoms with Crippen LogP contribution in [-0.2, 0) is 35.3 Å². The van der Waals surface area contributed by atoms with Gasteiger partial charge in [-0.15, -0.1) is 23.2 Å². The maximum atomic E-state index is 12.1. The molecule has 13 heteroatoms. The van der Waals surface area contributed by atoms with Gasteiger partial charge in [-0.3, -0.25) is 9.59 Å². The fourth-order valence-electron chi connectivity index (χ4n) is 6.48. The highest BCUT2D eigenvalue weighted by Crippen LogP contribution is 2.35. The second-order valence-corrected chi connectivity index (χ2v) is 17.8. The summed E-state index contributed by atoms with van der Waals surface area (Å²) in [5.74, 6) is 1.01. The summed E-state index contributed by atoms with van der Waals surface area (Å²) < 4.78 is 23.2. The van der Waals surface area contributed by atoms with Crippen LogP contribution >= 0.6 is 23.2 Å². The zero-order valence-corrected chi connectivity index (χ0v) is 40.3. The maximum Gasteiger partial charge on any atom is 0.303 e. The van der Waals surface area contributed by atoms with Gasteiger partial charge in [-0.05, 0) is 101 Å². The second kappa shape index (κ2) is 30.5. The first-order valence-corrected chi connectivity index (χ1v) is 22.9. The molecule has 0 atom stereocenters. The molecule has 2 N–H and O–H groups in total. The number of carbonyl (C=O) groups excluding carboxylic acids is 1. The van der Waals surface area contributed by atoms with Crippen LogP contribution in [0.3, 0.4) is 0 Å². The average Bonchev–Trinajstić information content (AvgIpc) is 3.77. The Kier molecular flexibility index (Phi) is 28.7. The fraction of sp³-hybridized carbons (Fsp3) is 0.667. The topological polar surface area (TPSA) is 140 Å². The van der Waals surface area contributed by atoms with E-state index in [0.717, 1.165) is 121 Å². The zero-order chi connectivity index (χ0) is 45.3. The van der Waals surface area contributed by atoms with Gasteiger partial charge < -0.3 is 33.8 Å². The van der Waals surface area contributed by atoms with E-state index in [2.05, 4.69) is 90.9 Å². The smallest absolute Gasteiger partial charge is 0.303 e. The summed E-state index contributed by atoms with van der Waals surface area (Å²) in [7, 11) is 0. The molecule has 0 aliphatic rings. The lowest BCUT2D eigenvalue weighted by atomic mass is 9.89. The molecular weight excluding hydrogens is 815 g/mol. The number of amides is 1. The molecule has 4 rings (SSSR count). The first kappa shape index (κ1) is 57.5. The molecule has 2 aromatic heterocycles. The lowest BCUT2D eigenvalue weighted by Gasteiger charge is -2.18. The third kappa shape index (κ3) is 21.4. The summed E-state index contributed by atoms with van der Waals surface area (Å²) in [5, 5.41) is 22.8. The summed E-state index contributed by atoms with van der Waals surface area (Å²) in [6.45, 7) is 30.3. The van der Waals surface area contributed by atoms with Crippen LogP contribution < -0.4 is 14.8 Å². The lowest BCUT2D eigenvalue weighted by molar-refractivity contribution is -0.137. The number of ether oxygens (including phenoxy) is 2. The first-order chi connectivity index (χ1) is 28.4. The predicted molar refractivity (Wildman–Crippen MR) is 255 cm³/mol. The number of nitrogens with zero attached hydrogens (tertiary/aromatic N) is 3. The minimum absolute atomic E-state index is 0. The standard InChI is InChI=1S/C23H36N2O3.C19H27NO4.C4H11N.CH2Cl2.CH4/c1-7-11-18-20(27-15-10-12-21(26)25(8-2)9-3)14-13-17-19(16-23(4,5)6)24-28-22(17)18;1-5-7-14-16(23-11-6-8-17(21)22)10-9-13-15(12-19(2,3)4)20-24-18(13)14;1-3-5-4-2;2-1-3;/h13-14H,7-12,15-16H2,1-6H3;9-10H,5-8,11-12H2,1-4H3,(H,21,22);5H,3-4H2,1-2H3;1H2;1H4. The molecule has 0 saturated carbocycles. The van der Waals surface area contributed by atoms with Crippen LogP contribution in [0, 0.1) is 10.8 Å². The van der Waals surface area contributed by atoms with E-state index >= 15 is 0 Å². The summed E-state index contributed by atoms with van der Waals surface area (Å²) in [6.07, 6.45) is 7.27. The van der Waals surface area contributed by atoms with E-state index in [9.17, 15) is 9.59 Å². The maximum absolute atomic E-state index is 12.1. The normalized spacial score (nSPS) is 11.0. The Hall–Kier alpha value is -3.54. The minimum Gasteiger partial charge on any atom is -0.493 e. The van der Waals surface area contributed by atoms with E-state index in [-0.39, 0.29) is 35.9 Å². The molecule has 0 bridgehead atoms. The molecule has 11 nitrogen and oxygen atoms in total. The van der Waals surface area contributed by atoms with E-state index in [1.807, 2.05) is 36.9 Å². The highest BCUT2D eigenvalue weighted by Gasteiger charge is 2.22. The van der Waals surface area contributed by atoms with E-state index in [0.29, 0.717) is 32.5 Å². The fourth-order valence-corrected chi connectivity index (χ4v) is 6.48. The van der Waals surface area contributed by atoms with Gasteiger partial charge >= 0.3 is 5.97 Å². The first-order valence-electron chi connectivity index (χ1n) is 21.8. The third-order valence-corrected chi connectivity index (χ3v) is 9.15. The molecule has 0 fully saturated rings. The van der Waals surface area contributed by atoms with E-state index in [4.69, 9.17) is 46.8 Å². The molecule has 2 heterocycles. The van der Waals surface area contributed by atoms with Crippen LogP contribution in [-0.4, -0.2) is 76.9 Å². The molecule has 0 aliphatic carbocycles. The van der Waals surface area contributed by atoms with Crippen molar-refractivity contribution in [1.29, 1.82) is 0 Å². The Morgan fingerprint density at radius 2 is 1.10 bits per heavy atom. The van der Waals surface area contributed by atoms with Crippen molar-refractivity contribution in [3.63, 3.8) is 0 Å². The number of carboxylic acids is 1. The number of alkyl halides is 2. The van der Waals surface area contributed by atoms with Crippen LogP contribution in [0.4, 0.5) is 0 Å². The predicted octanol–water partition coefficient (Wildman–Crippen LogP) is 12.7. The van der Waals surface area contributed by atoms with Gasteiger partial charge in [0.15, 0.2) is 11.2 Å². The Labute approximate surface area is 377 Å². The number of benzene rings is 2. The molecule has 61 heavy (non-hydrogen) atoms. The molecule has 0 saturated heterocycles. The summed E-state index contributed by atoms with van der Waals surface area (Å²) >= 11 is 9.53. The quantitative estimate of drug-likeness (QED) is 0.0651. The molecule has 4 aromatic rings. The molecule has 0 radical (unpaired) electrons. The minimum atomic E-state index is -0.801. The van der Waals surface area contributed by atoms with Crippen LogP contribution in [0.25, 0.3) is 21.9 Å². The molecule has 2 aromatic carbocycles. The number of aromatic nitrogens is 2. The third-order valence-electron chi connectivity index (χ3n) is 9.15. The van der Waals surface area contributed by atoms with E-state index in [1.165, 1.54) is 0 Å². The second-order valence-electron chi connectivity index (χ2n) is 17.0. The number of aryl methyl sites for hydroxylation is 2. The molecule has 0 aliphatic heterocycles. The highest BCUT2D eigenvalue weighted by molar-refractivity contribution is 6.40. The Bertz CT molecular complexity index is 1810. The van der Waals surface area contributed by atoms with Crippen molar-refractivity contribution in [1.82, 2.24) is 20.5 Å². The van der Waals surface area contributed by atoms with E-state index in [1.54, 1.807) is 0 Å². The van der Waals surface area contributed by atoms with Crippen molar-refractivity contribution >= 4 is 57.0 Å². The van der Waals surface area contributed by atoms with Gasteiger partial charge in [0.05, 0.1) is 29.9 Å². The SMILES string of the molecule is C.CCCc1c(OCCCC(=O)N(CC)CC)ccc2c(CC(C)(C)C)noc12.CCCc1c(OCCCC(=O)O)ccc2c(CC(C)(C)C)noc12.CCNCC.ClCCl. The van der Waals surface area contributed by atoms with Crippen LogP contribution in [0.5, 0.6) is 11.5 Å². The number of halogens is 2. The van der Waals surface area contributed by atoms with Gasteiger partial charge in [0.2, 0.25) is 5.91 Å². The largest absolute Gasteiger partial charge is 0.493 e. The number of fused-ring (bicyclic) bond motifs is 2. The summed E-state index contributed by atoms with van der Waals surface area (Å²) in [4.78, 5) is 24.6. The Morgan fingerprint density at radius 1 is 0.705 bits per heavy atom. The zero-order valence-electron chi connectivity index (χ0n) is 38.8. The Balaban J connectivity index is 0.000000996. The van der Waals surface area contributed by atoms with Crippen molar-refractivity contribution in [3.05, 3.63) is 46.8 Å². The number of hydrogen-bond donors (Lipinski definition) is 2. The van der Waals surface area contributed by atoms with Gasteiger partial charge in [0.1, 0.15) is 11.5 Å². The monoisotopic (exact) mass is 895 g/mol. The number of hydrogen-bond acceptors (Lipinski definition) is 9. The summed E-state index contributed by atoms with van der Waals surface area (Å²) in [6, 6.07) is 8.04. The number of carbonyl (C=O) groups is 2. The highest BCUT2D eigenvalue weighted by atomic mass is 35.5. The van der Waals surface area contributed by atoms with Crippen molar-refractivity contribution in [2.24, 2.45) is 10.8 Å². The average molecular weight is 896 g/mol. The molecular formula is C48H80Cl2N4O7. The van der Waals surface area contributed by atoms with Crippen LogP contribution in [0.2, 0.25) is 0 Å². The van der Waals surface area contributed by atoms with Gasteiger partial charge in [-0.2, -0.15) is 0 Å². The summed E-state index contributed by atoms with van der Waals surface area (Å²) in [5.41, 5.74) is 6.04. The Morgan fingerprint density at radius 3 is 1.41 bits per heavy atom. The van der Waals surface area contributed by atoms with E-state index < -0.39 is 5.97 Å². The number of aliphatic carboxylic acids is 1. The van der Waals surface area contributed by atoms with Gasteiger partial charge in [0, 0.05) is 47.8 Å². The molecule has 348 valence electrons. The molecule has 0 spiro atoms. The van der Waals surface area contributed by atoms with Gasteiger partial charge in [0.25, 0.3) is 0 Å². The van der Waals surface area contributed by atoms with Crippen molar-refractivity contribution in [2.45, 2.75) is 155 Å².